The van der Waals surface area contributed by atoms with Crippen LogP contribution in [0.4, 0.5) is 0 Å². The van der Waals surface area contributed by atoms with Crippen molar-refractivity contribution < 1.29 is 0 Å². The van der Waals surface area contributed by atoms with E-state index in [-0.39, 0.29) is 0 Å². The fraction of sp³-hybridized carbons (Fsp3) is 0.526. The number of piperidine rings is 1. The van der Waals surface area contributed by atoms with Crippen LogP contribution in [-0.2, 0) is 19.6 Å². The molecular formula is C19H28N4. The van der Waals surface area contributed by atoms with Gasteiger partial charge in [0.25, 0.3) is 0 Å². The molecule has 0 amide bonds. The van der Waals surface area contributed by atoms with Gasteiger partial charge in [-0.2, -0.15) is 5.10 Å². The number of aryl methyl sites for hydroxylation is 1. The second-order valence-electron chi connectivity index (χ2n) is 6.90. The van der Waals surface area contributed by atoms with Crippen LogP contribution in [0, 0.1) is 12.8 Å². The third-order valence-electron chi connectivity index (χ3n) is 4.88. The Labute approximate surface area is 139 Å². The lowest BCUT2D eigenvalue weighted by atomic mass is 9.99. The summed E-state index contributed by atoms with van der Waals surface area (Å²) in [4.78, 5) is 2.58. The fourth-order valence-electron chi connectivity index (χ4n) is 3.14. The van der Waals surface area contributed by atoms with Crippen LogP contribution < -0.4 is 5.32 Å². The summed E-state index contributed by atoms with van der Waals surface area (Å²) in [5.74, 6) is 0.901. The Bertz CT molecular complexity index is 594. The van der Waals surface area contributed by atoms with Crippen LogP contribution in [-0.4, -0.2) is 28.2 Å². The van der Waals surface area contributed by atoms with Crippen LogP contribution in [0.3, 0.4) is 0 Å². The second kappa shape index (κ2) is 7.75. The minimum absolute atomic E-state index is 0.857. The SMILES string of the molecule is Cc1[nH]ncc1CNCc1ccc(CN2CCC(C)CC2)cc1. The highest BCUT2D eigenvalue weighted by Gasteiger charge is 2.15. The van der Waals surface area contributed by atoms with Crippen molar-refractivity contribution in [1.29, 1.82) is 0 Å². The number of nitrogens with one attached hydrogen (secondary N) is 2. The van der Waals surface area contributed by atoms with Gasteiger partial charge in [0.2, 0.25) is 0 Å². The Morgan fingerprint density at radius 2 is 1.83 bits per heavy atom. The summed E-state index contributed by atoms with van der Waals surface area (Å²) in [7, 11) is 0. The van der Waals surface area contributed by atoms with Gasteiger partial charge >= 0.3 is 0 Å². The number of rotatable bonds is 6. The largest absolute Gasteiger partial charge is 0.308 e. The van der Waals surface area contributed by atoms with Gasteiger partial charge in [-0.3, -0.25) is 10.00 Å². The molecule has 0 atom stereocenters. The van der Waals surface area contributed by atoms with Crippen molar-refractivity contribution in [1.82, 2.24) is 20.4 Å². The molecule has 4 heteroatoms. The summed E-state index contributed by atoms with van der Waals surface area (Å²) in [5.41, 5.74) is 5.14. The van der Waals surface area contributed by atoms with Gasteiger partial charge < -0.3 is 5.32 Å². The van der Waals surface area contributed by atoms with Gasteiger partial charge in [-0.1, -0.05) is 31.2 Å². The Kier molecular flexibility index (Phi) is 5.47. The smallest absolute Gasteiger partial charge is 0.0535 e. The predicted octanol–water partition coefficient (Wildman–Crippen LogP) is 3.24. The summed E-state index contributed by atoms with van der Waals surface area (Å²) in [6.45, 7) is 9.75. The molecule has 2 heterocycles. The molecule has 0 bridgehead atoms. The maximum atomic E-state index is 4.05. The van der Waals surface area contributed by atoms with E-state index in [2.05, 4.69) is 58.5 Å². The van der Waals surface area contributed by atoms with Crippen molar-refractivity contribution in [3.05, 3.63) is 52.8 Å². The molecule has 0 radical (unpaired) electrons. The standard InChI is InChI=1S/C19H28N4/c1-15-7-9-23(10-8-15)14-18-5-3-17(4-6-18)11-20-12-19-13-21-22-16(19)2/h3-6,13,15,20H,7-12,14H2,1-2H3,(H,21,22). The Morgan fingerprint density at radius 1 is 1.13 bits per heavy atom. The van der Waals surface area contributed by atoms with Gasteiger partial charge in [0.05, 0.1) is 6.20 Å². The van der Waals surface area contributed by atoms with Crippen molar-refractivity contribution in [2.45, 2.75) is 46.3 Å². The van der Waals surface area contributed by atoms with E-state index in [1.165, 1.54) is 42.6 Å². The molecule has 0 unspecified atom stereocenters. The lowest BCUT2D eigenvalue weighted by Gasteiger charge is -2.30. The van der Waals surface area contributed by atoms with E-state index in [1.807, 2.05) is 6.20 Å². The summed E-state index contributed by atoms with van der Waals surface area (Å²) in [6, 6.07) is 9.05. The van der Waals surface area contributed by atoms with Crippen LogP contribution in [0.1, 0.15) is 42.1 Å². The normalized spacial score (nSPS) is 16.8. The highest BCUT2D eigenvalue weighted by Crippen LogP contribution is 2.18. The molecule has 0 spiro atoms. The molecule has 3 rings (SSSR count). The van der Waals surface area contributed by atoms with E-state index in [0.29, 0.717) is 0 Å². The summed E-state index contributed by atoms with van der Waals surface area (Å²) in [5, 5.41) is 10.5. The van der Waals surface area contributed by atoms with Crippen molar-refractivity contribution in [3.63, 3.8) is 0 Å². The van der Waals surface area contributed by atoms with Crippen LogP contribution in [0.2, 0.25) is 0 Å². The molecule has 2 N–H and O–H groups in total. The van der Waals surface area contributed by atoms with E-state index in [1.54, 1.807) is 0 Å². The quantitative estimate of drug-likeness (QED) is 0.860. The molecule has 124 valence electrons. The van der Waals surface area contributed by atoms with Crippen molar-refractivity contribution in [2.75, 3.05) is 13.1 Å². The first-order valence-corrected chi connectivity index (χ1v) is 8.70. The van der Waals surface area contributed by atoms with E-state index in [0.717, 1.165) is 31.2 Å². The zero-order chi connectivity index (χ0) is 16.1. The molecule has 1 fully saturated rings. The zero-order valence-electron chi connectivity index (χ0n) is 14.3. The van der Waals surface area contributed by atoms with Gasteiger partial charge in [0, 0.05) is 30.9 Å². The number of benzene rings is 1. The average molecular weight is 312 g/mol. The number of aromatic amines is 1. The highest BCUT2D eigenvalue weighted by atomic mass is 15.1. The number of hydrogen-bond donors (Lipinski definition) is 2. The molecule has 1 aromatic heterocycles. The molecule has 23 heavy (non-hydrogen) atoms. The third kappa shape index (κ3) is 4.66. The minimum atomic E-state index is 0.857. The fourth-order valence-corrected chi connectivity index (χ4v) is 3.14. The van der Waals surface area contributed by atoms with Crippen molar-refractivity contribution in [2.24, 2.45) is 5.92 Å². The molecular weight excluding hydrogens is 284 g/mol. The van der Waals surface area contributed by atoms with Gasteiger partial charge in [0.15, 0.2) is 0 Å². The van der Waals surface area contributed by atoms with E-state index >= 15 is 0 Å². The summed E-state index contributed by atoms with van der Waals surface area (Å²) in [6.07, 6.45) is 4.58. The second-order valence-corrected chi connectivity index (χ2v) is 6.90. The Morgan fingerprint density at radius 3 is 2.48 bits per heavy atom. The Hall–Kier alpha value is -1.65. The maximum absolute atomic E-state index is 4.05. The lowest BCUT2D eigenvalue weighted by molar-refractivity contribution is 0.185. The number of nitrogens with zero attached hydrogens (tertiary/aromatic N) is 2. The van der Waals surface area contributed by atoms with Gasteiger partial charge in [0.1, 0.15) is 0 Å². The first-order chi connectivity index (χ1) is 11.2. The van der Waals surface area contributed by atoms with Gasteiger partial charge in [-0.15, -0.1) is 0 Å². The predicted molar refractivity (Wildman–Crippen MR) is 94.0 cm³/mol. The molecule has 1 saturated heterocycles. The first-order valence-electron chi connectivity index (χ1n) is 8.70. The number of hydrogen-bond acceptors (Lipinski definition) is 3. The number of likely N-dealkylation sites (tertiary alicyclic amines) is 1. The maximum Gasteiger partial charge on any atom is 0.0535 e. The summed E-state index contributed by atoms with van der Waals surface area (Å²) >= 11 is 0. The number of aromatic nitrogens is 2. The van der Waals surface area contributed by atoms with Gasteiger partial charge in [-0.05, 0) is 49.9 Å². The van der Waals surface area contributed by atoms with E-state index in [4.69, 9.17) is 0 Å². The molecule has 1 aliphatic heterocycles. The molecule has 4 nitrogen and oxygen atoms in total. The van der Waals surface area contributed by atoms with Crippen LogP contribution >= 0.6 is 0 Å². The topological polar surface area (TPSA) is 44.0 Å². The highest BCUT2D eigenvalue weighted by molar-refractivity contribution is 5.23. The van der Waals surface area contributed by atoms with E-state index < -0.39 is 0 Å². The molecule has 0 aliphatic carbocycles. The van der Waals surface area contributed by atoms with Crippen LogP contribution in [0.5, 0.6) is 0 Å². The molecule has 2 aromatic rings. The third-order valence-corrected chi connectivity index (χ3v) is 4.88. The van der Waals surface area contributed by atoms with Crippen molar-refractivity contribution >= 4 is 0 Å². The van der Waals surface area contributed by atoms with E-state index in [9.17, 15) is 0 Å². The first kappa shape index (κ1) is 16.2. The Balaban J connectivity index is 1.44. The van der Waals surface area contributed by atoms with Crippen molar-refractivity contribution in [3.8, 4) is 0 Å². The van der Waals surface area contributed by atoms with Crippen LogP contribution in [0.15, 0.2) is 30.5 Å². The number of H-pyrrole nitrogens is 1. The zero-order valence-corrected chi connectivity index (χ0v) is 14.3. The molecule has 1 aromatic carbocycles. The summed E-state index contributed by atoms with van der Waals surface area (Å²) < 4.78 is 0. The average Bonchev–Trinajstić information content (AvgIpc) is 2.97. The molecule has 0 saturated carbocycles. The molecule has 1 aliphatic rings. The monoisotopic (exact) mass is 312 g/mol. The van der Waals surface area contributed by atoms with Crippen LogP contribution in [0.25, 0.3) is 0 Å². The lowest BCUT2D eigenvalue weighted by Crippen LogP contribution is -2.32. The minimum Gasteiger partial charge on any atom is -0.308 e. The van der Waals surface area contributed by atoms with Gasteiger partial charge in [-0.25, -0.2) is 0 Å².